The lowest BCUT2D eigenvalue weighted by Gasteiger charge is -2.33. The van der Waals surface area contributed by atoms with Gasteiger partial charge in [-0.05, 0) is 31.2 Å². The molecule has 1 aromatic rings. The molecular weight excluding hydrogens is 487 g/mol. The van der Waals surface area contributed by atoms with Crippen LogP contribution >= 0.6 is 35.3 Å². The van der Waals surface area contributed by atoms with Crippen molar-refractivity contribution in [2.24, 2.45) is 10.4 Å². The molecule has 1 N–H and O–H groups in total. The number of guanidine groups is 1. The molecule has 3 fully saturated rings. The van der Waals surface area contributed by atoms with Crippen LogP contribution in [0.5, 0.6) is 0 Å². The summed E-state index contributed by atoms with van der Waals surface area (Å²) in [5, 5.41) is 5.70. The van der Waals surface area contributed by atoms with E-state index in [0.29, 0.717) is 11.5 Å². The Hall–Kier alpha value is -0.420. The highest BCUT2D eigenvalue weighted by Gasteiger charge is 2.42. The number of aliphatic imine (C=N–C) groups is 1. The molecule has 4 rings (SSSR count). The van der Waals surface area contributed by atoms with Crippen molar-refractivity contribution in [2.75, 3.05) is 65.7 Å². The lowest BCUT2D eigenvalue weighted by Crippen LogP contribution is -2.43. The zero-order valence-electron chi connectivity index (χ0n) is 16.8. The van der Waals surface area contributed by atoms with Gasteiger partial charge in [-0.1, -0.05) is 6.07 Å². The van der Waals surface area contributed by atoms with Crippen LogP contribution in [0.25, 0.3) is 0 Å². The van der Waals surface area contributed by atoms with Crippen LogP contribution in [-0.2, 0) is 9.47 Å². The smallest absolute Gasteiger partial charge is 0.194 e. The molecule has 3 aliphatic rings. The van der Waals surface area contributed by atoms with E-state index >= 15 is 0 Å². The second-order valence-corrected chi connectivity index (χ2v) is 8.83. The molecule has 0 aromatic carbocycles. The third-order valence-electron chi connectivity index (χ3n) is 6.03. The summed E-state index contributed by atoms with van der Waals surface area (Å²) in [5.41, 5.74) is 0.355. The van der Waals surface area contributed by atoms with E-state index in [1.54, 1.807) is 0 Å². The number of hydrogen-bond donors (Lipinski definition) is 1. The van der Waals surface area contributed by atoms with Crippen molar-refractivity contribution in [3.63, 3.8) is 0 Å². The number of ether oxygens (including phenoxy) is 2. The van der Waals surface area contributed by atoms with Crippen molar-refractivity contribution in [3.05, 3.63) is 22.4 Å². The van der Waals surface area contributed by atoms with E-state index in [1.807, 2.05) is 11.3 Å². The van der Waals surface area contributed by atoms with Crippen LogP contribution in [0.4, 0.5) is 0 Å². The Morgan fingerprint density at radius 3 is 2.79 bits per heavy atom. The fourth-order valence-electron chi connectivity index (χ4n) is 4.44. The topological polar surface area (TPSA) is 49.3 Å². The summed E-state index contributed by atoms with van der Waals surface area (Å²) in [4.78, 5) is 11.5. The number of nitrogens with one attached hydrogen (secondary N) is 1. The molecule has 0 amide bonds. The van der Waals surface area contributed by atoms with Crippen LogP contribution in [0.1, 0.15) is 30.7 Å². The molecule has 4 heterocycles. The highest BCUT2D eigenvalue weighted by Crippen LogP contribution is 2.38. The Bertz CT molecular complexity index is 616. The van der Waals surface area contributed by atoms with Crippen molar-refractivity contribution < 1.29 is 9.47 Å². The highest BCUT2D eigenvalue weighted by atomic mass is 127. The number of rotatable bonds is 5. The highest BCUT2D eigenvalue weighted by molar-refractivity contribution is 14.0. The molecule has 8 heteroatoms. The molecule has 2 unspecified atom stereocenters. The molecule has 0 bridgehead atoms. The van der Waals surface area contributed by atoms with Gasteiger partial charge in [-0.3, -0.25) is 9.89 Å². The van der Waals surface area contributed by atoms with Crippen LogP contribution in [-0.4, -0.2) is 81.5 Å². The second kappa shape index (κ2) is 10.6. The van der Waals surface area contributed by atoms with Crippen molar-refractivity contribution in [3.8, 4) is 0 Å². The van der Waals surface area contributed by atoms with Crippen molar-refractivity contribution in [1.29, 1.82) is 0 Å². The predicted molar refractivity (Wildman–Crippen MR) is 125 cm³/mol. The van der Waals surface area contributed by atoms with Gasteiger partial charge in [-0.25, -0.2) is 0 Å². The maximum atomic E-state index is 5.69. The normalized spacial score (nSPS) is 27.2. The van der Waals surface area contributed by atoms with Gasteiger partial charge in [0.2, 0.25) is 0 Å². The average Bonchev–Trinajstić information content (AvgIpc) is 3.46. The van der Waals surface area contributed by atoms with E-state index in [-0.39, 0.29) is 24.0 Å². The number of halogens is 1. The summed E-state index contributed by atoms with van der Waals surface area (Å²) in [6.45, 7) is 11.4. The largest absolute Gasteiger partial charge is 0.381 e. The van der Waals surface area contributed by atoms with E-state index in [4.69, 9.17) is 14.5 Å². The van der Waals surface area contributed by atoms with Crippen LogP contribution < -0.4 is 5.32 Å². The third-order valence-corrected chi connectivity index (χ3v) is 7.00. The van der Waals surface area contributed by atoms with Crippen molar-refractivity contribution in [2.45, 2.75) is 25.8 Å². The van der Waals surface area contributed by atoms with Gasteiger partial charge in [-0.2, -0.15) is 0 Å². The molecule has 3 aliphatic heterocycles. The number of morpholine rings is 1. The molecular formula is C20H33IN4O2S. The van der Waals surface area contributed by atoms with E-state index in [1.165, 1.54) is 17.7 Å². The minimum absolute atomic E-state index is 0. The van der Waals surface area contributed by atoms with Gasteiger partial charge in [0.15, 0.2) is 5.96 Å². The number of hydrogen-bond acceptors (Lipinski definition) is 5. The molecule has 0 saturated carbocycles. The first-order valence-electron chi connectivity index (χ1n) is 10.3. The Morgan fingerprint density at radius 1 is 1.25 bits per heavy atom. The number of likely N-dealkylation sites (tertiary alicyclic amines) is 1. The maximum Gasteiger partial charge on any atom is 0.194 e. The van der Waals surface area contributed by atoms with E-state index in [2.05, 4.69) is 39.6 Å². The monoisotopic (exact) mass is 520 g/mol. The van der Waals surface area contributed by atoms with Gasteiger partial charge in [0.05, 0.1) is 32.4 Å². The molecule has 1 spiro atoms. The van der Waals surface area contributed by atoms with Gasteiger partial charge >= 0.3 is 0 Å². The zero-order chi connectivity index (χ0) is 18.5. The number of nitrogens with zero attached hydrogens (tertiary/aromatic N) is 3. The van der Waals surface area contributed by atoms with Gasteiger partial charge < -0.3 is 19.7 Å². The van der Waals surface area contributed by atoms with Gasteiger partial charge in [0.25, 0.3) is 0 Å². The first-order chi connectivity index (χ1) is 13.3. The van der Waals surface area contributed by atoms with E-state index in [0.717, 1.165) is 71.7 Å². The van der Waals surface area contributed by atoms with E-state index in [9.17, 15) is 0 Å². The zero-order valence-corrected chi connectivity index (χ0v) is 19.9. The SMILES string of the molecule is CCNC(=NCC(c1cccs1)N1CCOCC1)N1CCC2(CCOC2)C1.I. The summed E-state index contributed by atoms with van der Waals surface area (Å²) in [6, 6.07) is 4.73. The third kappa shape index (κ3) is 5.19. The molecule has 28 heavy (non-hydrogen) atoms. The Kier molecular flexibility index (Phi) is 8.40. The van der Waals surface area contributed by atoms with Crippen molar-refractivity contribution >= 4 is 41.3 Å². The van der Waals surface area contributed by atoms with Crippen LogP contribution in [0.15, 0.2) is 22.5 Å². The second-order valence-electron chi connectivity index (χ2n) is 7.85. The Morgan fingerprint density at radius 2 is 2.11 bits per heavy atom. The Balaban J connectivity index is 0.00000225. The lowest BCUT2D eigenvalue weighted by molar-refractivity contribution is 0.0186. The van der Waals surface area contributed by atoms with Crippen LogP contribution in [0.2, 0.25) is 0 Å². The minimum Gasteiger partial charge on any atom is -0.381 e. The first kappa shape index (κ1) is 22.3. The van der Waals surface area contributed by atoms with Gasteiger partial charge in [0.1, 0.15) is 0 Å². The fraction of sp³-hybridized carbons (Fsp3) is 0.750. The summed E-state index contributed by atoms with van der Waals surface area (Å²) in [7, 11) is 0. The minimum atomic E-state index is 0. The average molecular weight is 520 g/mol. The fourth-order valence-corrected chi connectivity index (χ4v) is 5.29. The summed E-state index contributed by atoms with van der Waals surface area (Å²) < 4.78 is 11.3. The molecule has 158 valence electrons. The molecule has 0 radical (unpaired) electrons. The summed E-state index contributed by atoms with van der Waals surface area (Å²) in [6.07, 6.45) is 2.41. The molecule has 6 nitrogen and oxygen atoms in total. The number of thiophene rings is 1. The molecule has 1 aromatic heterocycles. The molecule has 0 aliphatic carbocycles. The van der Waals surface area contributed by atoms with Gasteiger partial charge in [-0.15, -0.1) is 35.3 Å². The quantitative estimate of drug-likeness (QED) is 0.368. The standard InChI is InChI=1S/C20H32N4O2S.HI/c1-2-21-19(24-7-5-20(15-24)6-10-26-16-20)22-14-17(18-4-3-13-27-18)23-8-11-25-12-9-23;/h3-4,13,17H,2,5-12,14-16H2,1H3,(H,21,22);1H. The maximum absolute atomic E-state index is 5.69. The summed E-state index contributed by atoms with van der Waals surface area (Å²) >= 11 is 1.83. The lowest BCUT2D eigenvalue weighted by atomic mass is 9.87. The summed E-state index contributed by atoms with van der Waals surface area (Å²) in [5.74, 6) is 1.07. The molecule has 3 saturated heterocycles. The van der Waals surface area contributed by atoms with E-state index < -0.39 is 0 Å². The predicted octanol–water partition coefficient (Wildman–Crippen LogP) is 2.82. The first-order valence-corrected chi connectivity index (χ1v) is 11.1. The van der Waals surface area contributed by atoms with Crippen LogP contribution in [0, 0.1) is 5.41 Å². The van der Waals surface area contributed by atoms with Crippen LogP contribution in [0.3, 0.4) is 0 Å². The van der Waals surface area contributed by atoms with Gasteiger partial charge in [0, 0.05) is 49.6 Å². The molecule has 2 atom stereocenters. The Labute approximate surface area is 189 Å². The van der Waals surface area contributed by atoms with Crippen molar-refractivity contribution in [1.82, 2.24) is 15.1 Å².